The molecule has 1 amide bonds. The zero-order valence-corrected chi connectivity index (χ0v) is 12.8. The third-order valence-corrected chi connectivity index (χ3v) is 3.60. The minimum Gasteiger partial charge on any atom is -0.507 e. The molecular formula is C18H14N2O5. The summed E-state index contributed by atoms with van der Waals surface area (Å²) in [5.74, 6) is -2.04. The van der Waals surface area contributed by atoms with E-state index < -0.39 is 17.4 Å². The van der Waals surface area contributed by atoms with Gasteiger partial charge in [-0.2, -0.15) is 5.10 Å². The summed E-state index contributed by atoms with van der Waals surface area (Å²) in [7, 11) is 0. The van der Waals surface area contributed by atoms with Crippen molar-refractivity contribution in [1.29, 1.82) is 0 Å². The van der Waals surface area contributed by atoms with E-state index in [-0.39, 0.29) is 22.6 Å². The lowest BCUT2D eigenvalue weighted by atomic mass is 10.1. The van der Waals surface area contributed by atoms with Gasteiger partial charge in [-0.25, -0.2) is 5.43 Å². The van der Waals surface area contributed by atoms with Gasteiger partial charge in [0.25, 0.3) is 5.91 Å². The maximum Gasteiger partial charge on any atom is 0.275 e. The topological polar surface area (TPSA) is 122 Å². The van der Waals surface area contributed by atoms with Crippen molar-refractivity contribution in [2.75, 3.05) is 0 Å². The fourth-order valence-corrected chi connectivity index (χ4v) is 2.32. The van der Waals surface area contributed by atoms with Gasteiger partial charge < -0.3 is 20.4 Å². The zero-order chi connectivity index (χ0) is 18.0. The van der Waals surface area contributed by atoms with Crippen molar-refractivity contribution < 1.29 is 25.2 Å². The number of benzene rings is 3. The maximum absolute atomic E-state index is 12.2. The van der Waals surface area contributed by atoms with Crippen LogP contribution in [0.1, 0.15) is 15.9 Å². The number of nitrogens with one attached hydrogen (secondary N) is 1. The Morgan fingerprint density at radius 3 is 2.20 bits per heavy atom. The molecule has 5 N–H and O–H groups in total. The summed E-state index contributed by atoms with van der Waals surface area (Å²) in [5, 5.41) is 43.6. The van der Waals surface area contributed by atoms with Crippen molar-refractivity contribution in [3.63, 3.8) is 0 Å². The summed E-state index contributed by atoms with van der Waals surface area (Å²) in [4.78, 5) is 12.2. The van der Waals surface area contributed by atoms with Crippen molar-refractivity contribution in [2.45, 2.75) is 0 Å². The molecule has 3 aromatic carbocycles. The number of rotatable bonds is 3. The van der Waals surface area contributed by atoms with Gasteiger partial charge >= 0.3 is 0 Å². The molecule has 7 heteroatoms. The highest BCUT2D eigenvalue weighted by atomic mass is 16.3. The largest absolute Gasteiger partial charge is 0.507 e. The number of aromatic hydroxyl groups is 4. The van der Waals surface area contributed by atoms with Crippen LogP contribution < -0.4 is 5.43 Å². The zero-order valence-electron chi connectivity index (χ0n) is 12.8. The number of phenols is 4. The van der Waals surface area contributed by atoms with Gasteiger partial charge in [-0.1, -0.05) is 24.3 Å². The SMILES string of the molecule is O=C(N/N=C\c1cc(O)c(O)cc1O)c1cc2ccccc2cc1O. The monoisotopic (exact) mass is 338 g/mol. The summed E-state index contributed by atoms with van der Waals surface area (Å²) in [6.45, 7) is 0. The Hall–Kier alpha value is -3.74. The number of fused-ring (bicyclic) bond motifs is 1. The normalized spacial score (nSPS) is 11.0. The molecule has 7 nitrogen and oxygen atoms in total. The van der Waals surface area contributed by atoms with Crippen LogP contribution in [0.5, 0.6) is 23.0 Å². The van der Waals surface area contributed by atoms with Crippen LogP contribution in [0.3, 0.4) is 0 Å². The minimum atomic E-state index is -0.637. The Kier molecular flexibility index (Phi) is 4.13. The second-order valence-electron chi connectivity index (χ2n) is 5.32. The molecule has 0 aromatic heterocycles. The van der Waals surface area contributed by atoms with E-state index in [0.717, 1.165) is 29.1 Å². The Bertz CT molecular complexity index is 998. The summed E-state index contributed by atoms with van der Waals surface area (Å²) in [6.07, 6.45) is 1.10. The smallest absolute Gasteiger partial charge is 0.275 e. The van der Waals surface area contributed by atoms with Gasteiger partial charge in [-0.15, -0.1) is 0 Å². The number of phenolic OH excluding ortho intramolecular Hbond substituents is 4. The summed E-state index contributed by atoms with van der Waals surface area (Å²) < 4.78 is 0. The van der Waals surface area contributed by atoms with Gasteiger partial charge in [0.05, 0.1) is 11.8 Å². The first-order valence-corrected chi connectivity index (χ1v) is 7.26. The predicted octanol–water partition coefficient (Wildman–Crippen LogP) is 2.43. The molecule has 0 saturated carbocycles. The van der Waals surface area contributed by atoms with Gasteiger partial charge in [0.15, 0.2) is 11.5 Å². The van der Waals surface area contributed by atoms with Crippen LogP contribution in [-0.2, 0) is 0 Å². The van der Waals surface area contributed by atoms with Crippen LogP contribution in [-0.4, -0.2) is 32.5 Å². The molecular weight excluding hydrogens is 324 g/mol. The van der Waals surface area contributed by atoms with Gasteiger partial charge in [0.1, 0.15) is 11.5 Å². The molecule has 0 aliphatic heterocycles. The van der Waals surface area contributed by atoms with Crippen molar-refractivity contribution in [3.8, 4) is 23.0 Å². The van der Waals surface area contributed by atoms with Crippen LogP contribution in [0, 0.1) is 0 Å². The molecule has 0 aliphatic rings. The van der Waals surface area contributed by atoms with E-state index in [1.54, 1.807) is 6.07 Å². The molecule has 3 aromatic rings. The molecule has 0 atom stereocenters. The van der Waals surface area contributed by atoms with E-state index in [4.69, 9.17) is 0 Å². The average Bonchev–Trinajstić information content (AvgIpc) is 2.58. The minimum absolute atomic E-state index is 0.0497. The lowest BCUT2D eigenvalue weighted by Gasteiger charge is -2.06. The fraction of sp³-hybridized carbons (Fsp3) is 0. The van der Waals surface area contributed by atoms with Crippen molar-refractivity contribution in [2.24, 2.45) is 5.10 Å². The number of hydrogen-bond acceptors (Lipinski definition) is 6. The highest BCUT2D eigenvalue weighted by Gasteiger charge is 2.12. The van der Waals surface area contributed by atoms with E-state index in [9.17, 15) is 25.2 Å². The molecule has 25 heavy (non-hydrogen) atoms. The van der Waals surface area contributed by atoms with E-state index in [1.165, 1.54) is 6.07 Å². The highest BCUT2D eigenvalue weighted by molar-refractivity contribution is 6.01. The molecule has 0 saturated heterocycles. The number of hydrazone groups is 1. The Balaban J connectivity index is 1.81. The first-order chi connectivity index (χ1) is 12.0. The van der Waals surface area contributed by atoms with E-state index in [0.29, 0.717) is 0 Å². The Morgan fingerprint density at radius 2 is 1.48 bits per heavy atom. The molecule has 0 unspecified atom stereocenters. The summed E-state index contributed by atoms with van der Waals surface area (Å²) >= 11 is 0. The lowest BCUT2D eigenvalue weighted by molar-refractivity contribution is 0.0952. The number of amides is 1. The van der Waals surface area contributed by atoms with E-state index >= 15 is 0 Å². The second-order valence-corrected chi connectivity index (χ2v) is 5.32. The van der Waals surface area contributed by atoms with E-state index in [1.807, 2.05) is 24.3 Å². The first-order valence-electron chi connectivity index (χ1n) is 7.26. The predicted molar refractivity (Wildman–Crippen MR) is 92.1 cm³/mol. The van der Waals surface area contributed by atoms with E-state index in [2.05, 4.69) is 10.5 Å². The number of hydrogen-bond donors (Lipinski definition) is 5. The number of nitrogens with zero attached hydrogens (tertiary/aromatic N) is 1. The maximum atomic E-state index is 12.2. The quantitative estimate of drug-likeness (QED) is 0.217. The molecule has 126 valence electrons. The number of carbonyl (C=O) groups excluding carboxylic acids is 1. The average molecular weight is 338 g/mol. The summed E-state index contributed by atoms with van der Waals surface area (Å²) in [5.41, 5.74) is 2.37. The van der Waals surface area contributed by atoms with Crippen LogP contribution >= 0.6 is 0 Å². The number of carbonyl (C=O) groups is 1. The van der Waals surface area contributed by atoms with Crippen LogP contribution in [0.2, 0.25) is 0 Å². The summed E-state index contributed by atoms with van der Waals surface area (Å²) in [6, 6.07) is 12.3. The van der Waals surface area contributed by atoms with Gasteiger partial charge in [0, 0.05) is 11.6 Å². The van der Waals surface area contributed by atoms with Crippen LogP contribution in [0.4, 0.5) is 0 Å². The van der Waals surface area contributed by atoms with Crippen molar-refractivity contribution in [1.82, 2.24) is 5.43 Å². The third kappa shape index (κ3) is 3.30. The molecule has 0 bridgehead atoms. The van der Waals surface area contributed by atoms with Gasteiger partial charge in [-0.3, -0.25) is 4.79 Å². The first kappa shape index (κ1) is 16.1. The van der Waals surface area contributed by atoms with Crippen molar-refractivity contribution >= 4 is 22.9 Å². The molecule has 0 aliphatic carbocycles. The fourth-order valence-electron chi connectivity index (χ4n) is 2.32. The lowest BCUT2D eigenvalue weighted by Crippen LogP contribution is -2.17. The molecule has 0 radical (unpaired) electrons. The van der Waals surface area contributed by atoms with Crippen molar-refractivity contribution in [3.05, 3.63) is 59.7 Å². The molecule has 0 heterocycles. The standard InChI is InChI=1S/C18H14N2O5/c21-14-8-17(24)16(23)7-12(14)9-19-20-18(25)13-5-10-3-1-2-4-11(10)6-15(13)22/h1-9,21-24H,(H,20,25)/b19-9-. The third-order valence-electron chi connectivity index (χ3n) is 3.60. The Labute approximate surface area is 142 Å². The second kappa shape index (κ2) is 6.40. The van der Waals surface area contributed by atoms with Gasteiger partial charge in [-0.05, 0) is 29.0 Å². The highest BCUT2D eigenvalue weighted by Crippen LogP contribution is 2.31. The van der Waals surface area contributed by atoms with Gasteiger partial charge in [0.2, 0.25) is 0 Å². The van der Waals surface area contributed by atoms with Crippen LogP contribution in [0.25, 0.3) is 10.8 Å². The Morgan fingerprint density at radius 1 is 0.840 bits per heavy atom. The molecule has 0 spiro atoms. The molecule has 3 rings (SSSR count). The molecule has 0 fully saturated rings. The van der Waals surface area contributed by atoms with Crippen LogP contribution in [0.15, 0.2) is 53.6 Å².